The van der Waals surface area contributed by atoms with Crippen molar-refractivity contribution in [2.45, 2.75) is 6.42 Å². The molecule has 0 heterocycles. The molecule has 1 amide bonds. The van der Waals surface area contributed by atoms with Crippen LogP contribution in [0, 0.1) is 5.82 Å². The summed E-state index contributed by atoms with van der Waals surface area (Å²) in [5.41, 5.74) is 0.978. The van der Waals surface area contributed by atoms with E-state index in [1.807, 2.05) is 0 Å². The number of carbonyl (C=O) groups is 1. The third-order valence-corrected chi connectivity index (χ3v) is 3.23. The molecule has 0 radical (unpaired) electrons. The lowest BCUT2D eigenvalue weighted by molar-refractivity contribution is -0.115. The molecule has 2 rings (SSSR count). The molecule has 0 aliphatic heterocycles. The van der Waals surface area contributed by atoms with Crippen LogP contribution in [0.2, 0.25) is 0 Å². The van der Waals surface area contributed by atoms with Crippen molar-refractivity contribution in [2.24, 2.45) is 0 Å². The van der Waals surface area contributed by atoms with Crippen LogP contribution in [0.5, 0.6) is 17.2 Å². The maximum atomic E-state index is 13.2. The average Bonchev–Trinajstić information content (AvgIpc) is 2.54. The highest BCUT2D eigenvalue weighted by atomic mass is 19.1. The van der Waals surface area contributed by atoms with E-state index in [2.05, 4.69) is 5.32 Å². The van der Waals surface area contributed by atoms with Gasteiger partial charge in [-0.25, -0.2) is 4.39 Å². The molecule has 23 heavy (non-hydrogen) atoms. The van der Waals surface area contributed by atoms with Gasteiger partial charge in [0.1, 0.15) is 28.8 Å². The fourth-order valence-corrected chi connectivity index (χ4v) is 2.14. The lowest BCUT2D eigenvalue weighted by atomic mass is 10.1. The van der Waals surface area contributed by atoms with Crippen LogP contribution < -0.4 is 19.5 Å². The Morgan fingerprint density at radius 1 is 1.04 bits per heavy atom. The van der Waals surface area contributed by atoms with Crippen LogP contribution in [0.3, 0.4) is 0 Å². The second kappa shape index (κ2) is 7.49. The summed E-state index contributed by atoms with van der Waals surface area (Å²) in [6, 6.07) is 9.18. The first kappa shape index (κ1) is 16.6. The minimum absolute atomic E-state index is 0.0378. The summed E-state index contributed by atoms with van der Waals surface area (Å²) in [7, 11) is 4.49. The molecule has 0 atom stereocenters. The van der Waals surface area contributed by atoms with E-state index < -0.39 is 0 Å². The van der Waals surface area contributed by atoms with Crippen LogP contribution >= 0.6 is 0 Å². The predicted molar refractivity (Wildman–Crippen MR) is 84.8 cm³/mol. The zero-order valence-electron chi connectivity index (χ0n) is 13.2. The van der Waals surface area contributed by atoms with Gasteiger partial charge in [0.25, 0.3) is 0 Å². The van der Waals surface area contributed by atoms with Crippen molar-refractivity contribution in [1.82, 2.24) is 0 Å². The highest BCUT2D eigenvalue weighted by Crippen LogP contribution is 2.38. The zero-order valence-corrected chi connectivity index (χ0v) is 13.2. The van der Waals surface area contributed by atoms with Gasteiger partial charge in [-0.2, -0.15) is 0 Å². The molecule has 0 aliphatic carbocycles. The molecule has 122 valence electrons. The molecule has 0 spiro atoms. The van der Waals surface area contributed by atoms with Gasteiger partial charge in [0.05, 0.1) is 27.8 Å². The van der Waals surface area contributed by atoms with Crippen molar-refractivity contribution in [3.05, 3.63) is 47.8 Å². The maximum Gasteiger partial charge on any atom is 0.228 e. The number of hydrogen-bond donors (Lipinski definition) is 1. The summed E-state index contributed by atoms with van der Waals surface area (Å²) in [5, 5.41) is 2.73. The van der Waals surface area contributed by atoms with Gasteiger partial charge in [-0.1, -0.05) is 12.1 Å². The number of ether oxygens (including phenoxy) is 3. The fourth-order valence-electron chi connectivity index (χ4n) is 2.14. The van der Waals surface area contributed by atoms with Gasteiger partial charge in [-0.3, -0.25) is 4.79 Å². The predicted octanol–water partition coefficient (Wildman–Crippen LogP) is 3.03. The third kappa shape index (κ3) is 4.12. The topological polar surface area (TPSA) is 56.8 Å². The summed E-state index contributed by atoms with van der Waals surface area (Å²) in [5.74, 6) is 0.677. The molecule has 0 saturated heterocycles. The van der Waals surface area contributed by atoms with Crippen molar-refractivity contribution in [2.75, 3.05) is 26.6 Å². The first-order valence-corrected chi connectivity index (χ1v) is 6.91. The largest absolute Gasteiger partial charge is 0.496 e. The number of halogens is 1. The first-order chi connectivity index (χ1) is 11.1. The highest BCUT2D eigenvalue weighted by molar-refractivity contribution is 5.95. The minimum atomic E-state index is -0.380. The quantitative estimate of drug-likeness (QED) is 0.889. The Morgan fingerprint density at radius 2 is 1.70 bits per heavy atom. The SMILES string of the molecule is COc1cc(OC)c(NC(=O)Cc2cccc(F)c2)c(OC)c1. The fraction of sp³-hybridized carbons (Fsp3) is 0.235. The molecule has 0 unspecified atom stereocenters. The van der Waals surface area contributed by atoms with Crippen LogP contribution in [0.15, 0.2) is 36.4 Å². The summed E-state index contributed by atoms with van der Waals surface area (Å²) in [6.07, 6.45) is 0.0378. The van der Waals surface area contributed by atoms with E-state index in [0.29, 0.717) is 28.5 Å². The Labute approximate surface area is 134 Å². The van der Waals surface area contributed by atoms with E-state index in [1.54, 1.807) is 24.3 Å². The number of hydrogen-bond acceptors (Lipinski definition) is 4. The molecule has 0 aromatic heterocycles. The van der Waals surface area contributed by atoms with Crippen molar-refractivity contribution in [1.29, 1.82) is 0 Å². The first-order valence-electron chi connectivity index (χ1n) is 6.91. The Morgan fingerprint density at radius 3 is 2.22 bits per heavy atom. The summed E-state index contributed by atoms with van der Waals surface area (Å²) < 4.78 is 28.9. The monoisotopic (exact) mass is 319 g/mol. The van der Waals surface area contributed by atoms with Crippen LogP contribution in [-0.2, 0) is 11.2 Å². The number of amides is 1. The number of benzene rings is 2. The van der Waals surface area contributed by atoms with E-state index in [-0.39, 0.29) is 18.1 Å². The minimum Gasteiger partial charge on any atom is -0.496 e. The van der Waals surface area contributed by atoms with Gasteiger partial charge in [-0.15, -0.1) is 0 Å². The Balaban J connectivity index is 2.22. The highest BCUT2D eigenvalue weighted by Gasteiger charge is 2.16. The molecule has 0 fully saturated rings. The Kier molecular flexibility index (Phi) is 5.41. The standard InChI is InChI=1S/C17H18FNO4/c1-21-13-9-14(22-2)17(15(10-13)23-3)19-16(20)8-11-5-4-6-12(18)7-11/h4-7,9-10H,8H2,1-3H3,(H,19,20). The van der Waals surface area contributed by atoms with Crippen LogP contribution in [0.4, 0.5) is 10.1 Å². The van der Waals surface area contributed by atoms with Crippen LogP contribution in [0.25, 0.3) is 0 Å². The van der Waals surface area contributed by atoms with Gasteiger partial charge in [0, 0.05) is 12.1 Å². The lowest BCUT2D eigenvalue weighted by Gasteiger charge is -2.15. The number of anilines is 1. The van der Waals surface area contributed by atoms with Gasteiger partial charge in [0.2, 0.25) is 5.91 Å². The molecule has 0 bridgehead atoms. The number of carbonyl (C=O) groups excluding carboxylic acids is 1. The summed E-state index contributed by atoms with van der Waals surface area (Å²) in [4.78, 5) is 12.2. The van der Waals surface area contributed by atoms with Crippen LogP contribution in [-0.4, -0.2) is 27.2 Å². The molecular weight excluding hydrogens is 301 g/mol. The molecule has 0 saturated carbocycles. The average molecular weight is 319 g/mol. The molecule has 1 N–H and O–H groups in total. The number of methoxy groups -OCH3 is 3. The smallest absolute Gasteiger partial charge is 0.228 e. The molecule has 2 aromatic carbocycles. The van der Waals surface area contributed by atoms with Crippen molar-refractivity contribution in [3.8, 4) is 17.2 Å². The van der Waals surface area contributed by atoms with Gasteiger partial charge in [-0.05, 0) is 17.7 Å². The Bertz CT molecular complexity index is 678. The maximum absolute atomic E-state index is 13.2. The molecule has 2 aromatic rings. The summed E-state index contributed by atoms with van der Waals surface area (Å²) >= 11 is 0. The lowest BCUT2D eigenvalue weighted by Crippen LogP contribution is -2.16. The van der Waals surface area contributed by atoms with Crippen molar-refractivity contribution >= 4 is 11.6 Å². The van der Waals surface area contributed by atoms with E-state index in [1.165, 1.54) is 33.5 Å². The van der Waals surface area contributed by atoms with Crippen LogP contribution in [0.1, 0.15) is 5.56 Å². The molecule has 6 heteroatoms. The van der Waals surface area contributed by atoms with E-state index >= 15 is 0 Å². The van der Waals surface area contributed by atoms with Crippen molar-refractivity contribution < 1.29 is 23.4 Å². The number of nitrogens with one attached hydrogen (secondary N) is 1. The van der Waals surface area contributed by atoms with E-state index in [0.717, 1.165) is 0 Å². The second-order valence-electron chi connectivity index (χ2n) is 4.76. The van der Waals surface area contributed by atoms with Gasteiger partial charge in [0.15, 0.2) is 0 Å². The molecule has 5 nitrogen and oxygen atoms in total. The van der Waals surface area contributed by atoms with E-state index in [4.69, 9.17) is 14.2 Å². The number of rotatable bonds is 6. The van der Waals surface area contributed by atoms with Gasteiger partial charge >= 0.3 is 0 Å². The molecular formula is C17H18FNO4. The molecule has 0 aliphatic rings. The van der Waals surface area contributed by atoms with Gasteiger partial charge < -0.3 is 19.5 Å². The second-order valence-corrected chi connectivity index (χ2v) is 4.76. The van der Waals surface area contributed by atoms with Crippen molar-refractivity contribution in [3.63, 3.8) is 0 Å². The van der Waals surface area contributed by atoms with E-state index in [9.17, 15) is 9.18 Å². The zero-order chi connectivity index (χ0) is 16.8. The summed E-state index contributed by atoms with van der Waals surface area (Å²) in [6.45, 7) is 0. The third-order valence-electron chi connectivity index (χ3n) is 3.23. The normalized spacial score (nSPS) is 10.1. The Hall–Kier alpha value is -2.76.